The minimum Gasteiger partial charge on any atom is -0.497 e. The lowest BCUT2D eigenvalue weighted by molar-refractivity contribution is -0.119. The maximum Gasteiger partial charge on any atom is 0.264 e. The number of hydrogen-bond acceptors (Lipinski definition) is 6. The first-order valence-electron chi connectivity index (χ1n) is 10.8. The van der Waals surface area contributed by atoms with Crippen LogP contribution in [-0.4, -0.2) is 47.4 Å². The van der Waals surface area contributed by atoms with Gasteiger partial charge in [0.25, 0.3) is 10.0 Å². The summed E-state index contributed by atoms with van der Waals surface area (Å²) in [4.78, 5) is 12.9. The van der Waals surface area contributed by atoms with Crippen molar-refractivity contribution in [2.24, 2.45) is 0 Å². The number of carbonyl (C=O) groups excluding carboxylic acids is 1. The van der Waals surface area contributed by atoms with Gasteiger partial charge in [-0.25, -0.2) is 8.42 Å². The summed E-state index contributed by atoms with van der Waals surface area (Å²) in [6.45, 7) is -0.0857. The number of thioether (sulfide) groups is 1. The van der Waals surface area contributed by atoms with E-state index in [2.05, 4.69) is 5.32 Å². The van der Waals surface area contributed by atoms with Gasteiger partial charge in [-0.15, -0.1) is 0 Å². The molecule has 0 atom stereocenters. The van der Waals surface area contributed by atoms with Crippen molar-refractivity contribution in [2.45, 2.75) is 10.6 Å². The number of benzene rings is 3. The van der Waals surface area contributed by atoms with Gasteiger partial charge in [0.2, 0.25) is 5.91 Å². The molecule has 1 amide bonds. The highest BCUT2D eigenvalue weighted by Crippen LogP contribution is 2.35. The molecule has 0 radical (unpaired) electrons. The molecule has 36 heavy (non-hydrogen) atoms. The van der Waals surface area contributed by atoms with Crippen molar-refractivity contribution in [3.63, 3.8) is 0 Å². The third-order valence-electron chi connectivity index (χ3n) is 5.11. The van der Waals surface area contributed by atoms with Crippen LogP contribution < -0.4 is 19.1 Å². The second kappa shape index (κ2) is 13.1. The molecule has 3 aromatic rings. The van der Waals surface area contributed by atoms with E-state index in [-0.39, 0.29) is 10.6 Å². The smallest absolute Gasteiger partial charge is 0.264 e. The van der Waals surface area contributed by atoms with Crippen LogP contribution in [0, 0.1) is 0 Å². The fourth-order valence-electron chi connectivity index (χ4n) is 3.28. The van der Waals surface area contributed by atoms with Crippen LogP contribution in [0.2, 0.25) is 10.0 Å². The standard InChI is InChI=1S/C25H26Cl2N2O5S2/c1-33-20-10-11-24(34-2)23(15-20)29(36(31,32)21-6-4-3-5-7-21)16-25(30)28-12-13-35-17-18-8-9-19(26)14-22(18)27/h3-11,14-15H,12-13,16-17H2,1-2H3,(H,28,30). The van der Waals surface area contributed by atoms with Crippen molar-refractivity contribution in [1.82, 2.24) is 5.32 Å². The molecule has 0 unspecified atom stereocenters. The van der Waals surface area contributed by atoms with Crippen molar-refractivity contribution in [3.8, 4) is 11.5 Å². The molecule has 0 aliphatic rings. The van der Waals surface area contributed by atoms with Crippen LogP contribution in [0.3, 0.4) is 0 Å². The highest BCUT2D eigenvalue weighted by molar-refractivity contribution is 7.98. The van der Waals surface area contributed by atoms with Gasteiger partial charge in [0.15, 0.2) is 0 Å². The Morgan fingerprint density at radius 1 is 1.00 bits per heavy atom. The zero-order valence-corrected chi connectivity index (χ0v) is 22.9. The number of rotatable bonds is 12. The normalized spacial score (nSPS) is 11.1. The van der Waals surface area contributed by atoms with Crippen LogP contribution in [-0.2, 0) is 20.6 Å². The van der Waals surface area contributed by atoms with Gasteiger partial charge in [0, 0.05) is 34.2 Å². The van der Waals surface area contributed by atoms with Crippen molar-refractivity contribution in [1.29, 1.82) is 0 Å². The monoisotopic (exact) mass is 568 g/mol. The fourth-order valence-corrected chi connectivity index (χ4v) is 6.14. The molecule has 0 spiro atoms. The van der Waals surface area contributed by atoms with E-state index in [9.17, 15) is 13.2 Å². The molecule has 3 aromatic carbocycles. The van der Waals surface area contributed by atoms with E-state index in [0.717, 1.165) is 9.87 Å². The van der Waals surface area contributed by atoms with Crippen LogP contribution in [0.15, 0.2) is 71.6 Å². The molecule has 0 aliphatic carbocycles. The molecule has 0 aromatic heterocycles. The highest BCUT2D eigenvalue weighted by Gasteiger charge is 2.29. The minimum atomic E-state index is -4.08. The van der Waals surface area contributed by atoms with Crippen LogP contribution in [0.5, 0.6) is 11.5 Å². The maximum atomic E-state index is 13.5. The van der Waals surface area contributed by atoms with E-state index in [1.54, 1.807) is 54.2 Å². The van der Waals surface area contributed by atoms with Gasteiger partial charge in [-0.1, -0.05) is 47.5 Å². The van der Waals surface area contributed by atoms with Crippen LogP contribution >= 0.6 is 35.0 Å². The van der Waals surface area contributed by atoms with Gasteiger partial charge in [0.05, 0.1) is 24.8 Å². The molecule has 3 rings (SSSR count). The average molecular weight is 570 g/mol. The number of carbonyl (C=O) groups is 1. The maximum absolute atomic E-state index is 13.5. The molecule has 0 heterocycles. The van der Waals surface area contributed by atoms with Crippen molar-refractivity contribution in [2.75, 3.05) is 37.4 Å². The SMILES string of the molecule is COc1ccc(OC)c(N(CC(=O)NCCSCc2ccc(Cl)cc2Cl)S(=O)(=O)c2ccccc2)c1. The molecule has 0 fully saturated rings. The fraction of sp³-hybridized carbons (Fsp3) is 0.240. The van der Waals surface area contributed by atoms with Crippen molar-refractivity contribution in [3.05, 3.63) is 82.3 Å². The number of halogens is 2. The zero-order valence-electron chi connectivity index (χ0n) is 19.7. The summed E-state index contributed by atoms with van der Waals surface area (Å²) in [6.07, 6.45) is 0. The minimum absolute atomic E-state index is 0.0538. The van der Waals surface area contributed by atoms with E-state index in [4.69, 9.17) is 32.7 Å². The molecule has 1 N–H and O–H groups in total. The number of ether oxygens (including phenoxy) is 2. The topological polar surface area (TPSA) is 84.9 Å². The van der Waals surface area contributed by atoms with Crippen molar-refractivity contribution < 1.29 is 22.7 Å². The molecule has 0 bridgehead atoms. The van der Waals surface area contributed by atoms with Crippen molar-refractivity contribution >= 4 is 56.6 Å². The van der Waals surface area contributed by atoms with Crippen LogP contribution in [0.25, 0.3) is 0 Å². The number of methoxy groups -OCH3 is 2. The second-order valence-electron chi connectivity index (χ2n) is 7.50. The Morgan fingerprint density at radius 3 is 2.42 bits per heavy atom. The lowest BCUT2D eigenvalue weighted by atomic mass is 10.2. The van der Waals surface area contributed by atoms with Gasteiger partial charge < -0.3 is 14.8 Å². The number of sulfonamides is 1. The molecule has 0 saturated carbocycles. The summed E-state index contributed by atoms with van der Waals surface area (Å²) in [5, 5.41) is 3.95. The summed E-state index contributed by atoms with van der Waals surface area (Å²) in [5.41, 5.74) is 1.14. The average Bonchev–Trinajstić information content (AvgIpc) is 2.88. The summed E-state index contributed by atoms with van der Waals surface area (Å²) in [7, 11) is -1.17. The Balaban J connectivity index is 1.72. The van der Waals surface area contributed by atoms with E-state index in [1.807, 2.05) is 6.07 Å². The molecular formula is C25H26Cl2N2O5S2. The lowest BCUT2D eigenvalue weighted by Gasteiger charge is -2.26. The molecule has 7 nitrogen and oxygen atoms in total. The summed E-state index contributed by atoms with van der Waals surface area (Å²) >= 11 is 13.7. The summed E-state index contributed by atoms with van der Waals surface area (Å²) in [5.74, 6) is 1.53. The van der Waals surface area contributed by atoms with Gasteiger partial charge in [-0.2, -0.15) is 11.8 Å². The Morgan fingerprint density at radius 2 is 1.75 bits per heavy atom. The van der Waals surface area contributed by atoms with Gasteiger partial charge in [0.1, 0.15) is 18.0 Å². The first-order valence-corrected chi connectivity index (χ1v) is 14.2. The summed E-state index contributed by atoms with van der Waals surface area (Å²) in [6, 6.07) is 18.0. The predicted molar refractivity (Wildman–Crippen MR) is 146 cm³/mol. The van der Waals surface area contributed by atoms with E-state index in [0.29, 0.717) is 39.6 Å². The molecule has 0 saturated heterocycles. The number of amides is 1. The van der Waals surface area contributed by atoms with Crippen LogP contribution in [0.4, 0.5) is 5.69 Å². The highest BCUT2D eigenvalue weighted by atomic mass is 35.5. The van der Waals surface area contributed by atoms with Gasteiger partial charge in [-0.05, 0) is 42.0 Å². The Hall–Kier alpha value is -2.59. The van der Waals surface area contributed by atoms with E-state index < -0.39 is 22.5 Å². The number of hydrogen-bond donors (Lipinski definition) is 1. The Labute approximate surface area is 225 Å². The molecular weight excluding hydrogens is 543 g/mol. The first kappa shape index (κ1) is 28.0. The number of nitrogens with one attached hydrogen (secondary N) is 1. The van der Waals surface area contributed by atoms with Gasteiger partial charge >= 0.3 is 0 Å². The molecule has 11 heteroatoms. The second-order valence-corrected chi connectivity index (χ2v) is 11.3. The molecule has 0 aliphatic heterocycles. The van der Waals surface area contributed by atoms with E-state index >= 15 is 0 Å². The lowest BCUT2D eigenvalue weighted by Crippen LogP contribution is -2.41. The number of nitrogens with zero attached hydrogens (tertiary/aromatic N) is 1. The predicted octanol–water partition coefficient (Wildman–Crippen LogP) is 5.26. The zero-order chi connectivity index (χ0) is 26.1. The largest absolute Gasteiger partial charge is 0.497 e. The Kier molecular flexibility index (Phi) is 10.2. The van der Waals surface area contributed by atoms with Gasteiger partial charge in [-0.3, -0.25) is 9.10 Å². The quantitative estimate of drug-likeness (QED) is 0.300. The third-order valence-corrected chi connectivity index (χ3v) is 8.48. The third kappa shape index (κ3) is 7.22. The van der Waals surface area contributed by atoms with Crippen LogP contribution in [0.1, 0.15) is 5.56 Å². The first-order chi connectivity index (χ1) is 17.3. The molecule has 192 valence electrons. The number of anilines is 1. The van der Waals surface area contributed by atoms with E-state index in [1.165, 1.54) is 32.4 Å². The summed E-state index contributed by atoms with van der Waals surface area (Å²) < 4.78 is 38.8. The Bertz CT molecular complexity index is 1290.